The number of rotatable bonds is 5. The third kappa shape index (κ3) is 3.26. The van der Waals surface area contributed by atoms with E-state index in [1.165, 1.54) is 0 Å². The summed E-state index contributed by atoms with van der Waals surface area (Å²) in [6.07, 6.45) is 3.02. The maximum atomic E-state index is 11.5. The molecule has 1 aliphatic rings. The number of ether oxygens (including phenoxy) is 2. The Hall–Kier alpha value is -0.990. The first-order valence-electron chi connectivity index (χ1n) is 5.53. The van der Waals surface area contributed by atoms with Crippen molar-refractivity contribution in [2.45, 2.75) is 34.1 Å². The average Bonchev–Trinajstić information content (AvgIpc) is 2.73. The highest BCUT2D eigenvalue weighted by Gasteiger charge is 2.44. The summed E-state index contributed by atoms with van der Waals surface area (Å²) in [6.45, 7) is 8.91. The van der Waals surface area contributed by atoms with Gasteiger partial charge in [-0.1, -0.05) is 13.8 Å². The predicted molar refractivity (Wildman–Crippen MR) is 58.2 cm³/mol. The third-order valence-corrected chi connectivity index (χ3v) is 2.72. The number of carbonyl (C=O) groups excluding carboxylic acids is 1. The lowest BCUT2D eigenvalue weighted by molar-refractivity contribution is -0.142. The molecule has 1 aliphatic carbocycles. The van der Waals surface area contributed by atoms with Crippen LogP contribution in [0.15, 0.2) is 11.8 Å². The van der Waals surface area contributed by atoms with Crippen LogP contribution in [-0.4, -0.2) is 19.2 Å². The van der Waals surface area contributed by atoms with E-state index >= 15 is 0 Å². The lowest BCUT2D eigenvalue weighted by Crippen LogP contribution is -2.11. The van der Waals surface area contributed by atoms with Gasteiger partial charge in [0.2, 0.25) is 5.76 Å². The molecule has 1 rings (SSSR count). The standard InChI is InChI=1S/C12H20O3/c1-5-14-10(11(13)15-6-2)7-9-8-12(9,3)4/h7,9H,5-6,8H2,1-4H3. The molecule has 0 spiro atoms. The van der Waals surface area contributed by atoms with Crippen LogP contribution in [-0.2, 0) is 14.3 Å². The van der Waals surface area contributed by atoms with Crippen LogP contribution in [0, 0.1) is 11.3 Å². The van der Waals surface area contributed by atoms with Gasteiger partial charge in [-0.25, -0.2) is 4.79 Å². The number of esters is 1. The summed E-state index contributed by atoms with van der Waals surface area (Å²) in [5.41, 5.74) is 0.314. The molecule has 0 bridgehead atoms. The summed E-state index contributed by atoms with van der Waals surface area (Å²) in [5, 5.41) is 0. The van der Waals surface area contributed by atoms with Gasteiger partial charge in [0.25, 0.3) is 0 Å². The molecule has 0 heterocycles. The minimum absolute atomic E-state index is 0.314. The Balaban J connectivity index is 2.61. The highest BCUT2D eigenvalue weighted by atomic mass is 16.6. The van der Waals surface area contributed by atoms with Gasteiger partial charge in [-0.2, -0.15) is 0 Å². The molecule has 1 saturated carbocycles. The van der Waals surface area contributed by atoms with E-state index < -0.39 is 0 Å². The molecule has 0 aromatic heterocycles. The first-order chi connectivity index (χ1) is 7.01. The lowest BCUT2D eigenvalue weighted by atomic mass is 10.1. The lowest BCUT2D eigenvalue weighted by Gasteiger charge is -2.08. The zero-order valence-electron chi connectivity index (χ0n) is 10.0. The van der Waals surface area contributed by atoms with Gasteiger partial charge in [0.1, 0.15) is 0 Å². The number of hydrogen-bond acceptors (Lipinski definition) is 3. The van der Waals surface area contributed by atoms with E-state index in [-0.39, 0.29) is 5.97 Å². The summed E-state index contributed by atoms with van der Waals surface area (Å²) in [4.78, 5) is 11.5. The van der Waals surface area contributed by atoms with Crippen molar-refractivity contribution in [3.05, 3.63) is 11.8 Å². The van der Waals surface area contributed by atoms with Gasteiger partial charge in [-0.3, -0.25) is 0 Å². The maximum Gasteiger partial charge on any atom is 0.373 e. The van der Waals surface area contributed by atoms with Crippen molar-refractivity contribution in [3.8, 4) is 0 Å². The SMILES string of the molecule is CCOC(=O)C(=CC1CC1(C)C)OCC. The highest BCUT2D eigenvalue weighted by Crippen LogP contribution is 2.52. The molecule has 0 aromatic rings. The summed E-state index contributed by atoms with van der Waals surface area (Å²) in [5.74, 6) is 0.473. The minimum atomic E-state index is -0.345. The molecule has 3 nitrogen and oxygen atoms in total. The number of hydrogen-bond donors (Lipinski definition) is 0. The average molecular weight is 212 g/mol. The molecule has 0 radical (unpaired) electrons. The fourth-order valence-corrected chi connectivity index (χ4v) is 1.51. The Morgan fingerprint density at radius 1 is 1.33 bits per heavy atom. The molecular weight excluding hydrogens is 192 g/mol. The van der Waals surface area contributed by atoms with Gasteiger partial charge in [0.05, 0.1) is 13.2 Å². The van der Waals surface area contributed by atoms with Crippen LogP contribution in [0.3, 0.4) is 0 Å². The van der Waals surface area contributed by atoms with Crippen molar-refractivity contribution in [1.29, 1.82) is 0 Å². The molecule has 1 atom stereocenters. The zero-order chi connectivity index (χ0) is 11.5. The Morgan fingerprint density at radius 2 is 1.87 bits per heavy atom. The molecule has 0 aromatic carbocycles. The van der Waals surface area contributed by atoms with E-state index in [9.17, 15) is 4.79 Å². The van der Waals surface area contributed by atoms with Crippen LogP contribution in [0.5, 0.6) is 0 Å². The highest BCUT2D eigenvalue weighted by molar-refractivity contribution is 5.86. The van der Waals surface area contributed by atoms with Crippen molar-refractivity contribution >= 4 is 5.97 Å². The van der Waals surface area contributed by atoms with Crippen molar-refractivity contribution in [3.63, 3.8) is 0 Å². The normalized spacial score (nSPS) is 23.5. The van der Waals surface area contributed by atoms with Crippen LogP contribution in [0.25, 0.3) is 0 Å². The predicted octanol–water partition coefficient (Wildman–Crippen LogP) is 2.52. The fourth-order valence-electron chi connectivity index (χ4n) is 1.51. The largest absolute Gasteiger partial charge is 0.487 e. The summed E-state index contributed by atoms with van der Waals surface area (Å²) in [7, 11) is 0. The molecule has 0 N–H and O–H groups in total. The molecule has 0 saturated heterocycles. The molecule has 86 valence electrons. The zero-order valence-corrected chi connectivity index (χ0v) is 10.0. The summed E-state index contributed by atoms with van der Waals surface area (Å²) in [6, 6.07) is 0. The van der Waals surface area contributed by atoms with E-state index in [0.717, 1.165) is 6.42 Å². The van der Waals surface area contributed by atoms with Gasteiger partial charge in [0, 0.05) is 0 Å². The van der Waals surface area contributed by atoms with E-state index in [0.29, 0.717) is 30.3 Å². The Kier molecular flexibility index (Phi) is 3.77. The fraction of sp³-hybridized carbons (Fsp3) is 0.750. The van der Waals surface area contributed by atoms with Crippen LogP contribution in [0.4, 0.5) is 0 Å². The molecule has 0 aliphatic heterocycles. The van der Waals surface area contributed by atoms with Crippen LogP contribution in [0.2, 0.25) is 0 Å². The van der Waals surface area contributed by atoms with Crippen LogP contribution in [0.1, 0.15) is 34.1 Å². The molecular formula is C12H20O3. The number of allylic oxidation sites excluding steroid dienone is 1. The summed E-state index contributed by atoms with van der Waals surface area (Å²) >= 11 is 0. The van der Waals surface area contributed by atoms with Crippen molar-refractivity contribution < 1.29 is 14.3 Å². The van der Waals surface area contributed by atoms with Crippen molar-refractivity contribution in [2.75, 3.05) is 13.2 Å². The molecule has 0 amide bonds. The van der Waals surface area contributed by atoms with Gasteiger partial charge in [0.15, 0.2) is 0 Å². The monoisotopic (exact) mass is 212 g/mol. The smallest absolute Gasteiger partial charge is 0.373 e. The maximum absolute atomic E-state index is 11.5. The molecule has 15 heavy (non-hydrogen) atoms. The first-order valence-corrected chi connectivity index (χ1v) is 5.53. The van der Waals surface area contributed by atoms with E-state index in [4.69, 9.17) is 9.47 Å². The Bertz CT molecular complexity index is 266. The Labute approximate surface area is 91.4 Å². The second-order valence-corrected chi connectivity index (χ2v) is 4.48. The Morgan fingerprint density at radius 3 is 2.27 bits per heavy atom. The molecule has 3 heteroatoms. The van der Waals surface area contributed by atoms with Gasteiger partial charge in [-0.05, 0) is 37.7 Å². The van der Waals surface area contributed by atoms with Crippen molar-refractivity contribution in [1.82, 2.24) is 0 Å². The second kappa shape index (κ2) is 4.69. The van der Waals surface area contributed by atoms with Gasteiger partial charge in [-0.15, -0.1) is 0 Å². The molecule has 1 unspecified atom stereocenters. The van der Waals surface area contributed by atoms with E-state index in [1.807, 2.05) is 13.0 Å². The van der Waals surface area contributed by atoms with E-state index in [2.05, 4.69) is 13.8 Å². The first kappa shape index (κ1) is 12.1. The van der Waals surface area contributed by atoms with Crippen molar-refractivity contribution in [2.24, 2.45) is 11.3 Å². The van der Waals surface area contributed by atoms with Gasteiger partial charge >= 0.3 is 5.97 Å². The topological polar surface area (TPSA) is 35.5 Å². The second-order valence-electron chi connectivity index (χ2n) is 4.48. The summed E-state index contributed by atoms with van der Waals surface area (Å²) < 4.78 is 10.2. The minimum Gasteiger partial charge on any atom is -0.487 e. The van der Waals surface area contributed by atoms with E-state index in [1.54, 1.807) is 6.92 Å². The quantitative estimate of drug-likeness (QED) is 0.399. The number of carbonyl (C=O) groups is 1. The van der Waals surface area contributed by atoms with Crippen LogP contribution >= 0.6 is 0 Å². The van der Waals surface area contributed by atoms with Crippen LogP contribution < -0.4 is 0 Å². The molecule has 1 fully saturated rings. The van der Waals surface area contributed by atoms with Gasteiger partial charge < -0.3 is 9.47 Å². The third-order valence-electron chi connectivity index (χ3n) is 2.72.